The molecule has 0 N–H and O–H groups in total. The second kappa shape index (κ2) is 6.41. The highest BCUT2D eigenvalue weighted by atomic mass is 16.7. The van der Waals surface area contributed by atoms with Gasteiger partial charge in [0.05, 0.1) is 11.2 Å². The average molecular weight is 333 g/mol. The third-order valence-corrected chi connectivity index (χ3v) is 4.32. The van der Waals surface area contributed by atoms with Crippen LogP contribution in [0.15, 0.2) is 30.3 Å². The molecule has 1 aromatic carbocycles. The third-order valence-electron chi connectivity index (χ3n) is 4.32. The quantitative estimate of drug-likeness (QED) is 0.784. The maximum atomic E-state index is 12.7. The first-order valence-electron chi connectivity index (χ1n) is 8.30. The topological polar surface area (TPSA) is 48.0 Å². The van der Waals surface area contributed by atoms with Crippen molar-refractivity contribution in [2.24, 2.45) is 0 Å². The molecule has 0 saturated carbocycles. The highest BCUT2D eigenvalue weighted by Gasteiger charge is 2.55. The normalized spacial score (nSPS) is 19.2. The molecule has 0 atom stereocenters. The van der Waals surface area contributed by atoms with Crippen LogP contribution in [0.3, 0.4) is 0 Å². The Morgan fingerprint density at radius 3 is 2.04 bits per heavy atom. The summed E-state index contributed by atoms with van der Waals surface area (Å²) >= 11 is 0. The summed E-state index contributed by atoms with van der Waals surface area (Å²) in [6.45, 7) is 13.7. The fraction of sp³-hybridized carbons (Fsp3) is 0.611. The molecule has 0 radical (unpaired) electrons. The second-order valence-electron chi connectivity index (χ2n) is 8.16. The molecule has 5 nitrogen and oxygen atoms in total. The molecule has 0 unspecified atom stereocenters. The van der Waals surface area contributed by atoms with Crippen molar-refractivity contribution in [3.05, 3.63) is 35.9 Å². The Morgan fingerprint density at radius 2 is 1.58 bits per heavy atom. The number of amides is 1. The zero-order valence-corrected chi connectivity index (χ0v) is 15.8. The molecule has 1 aromatic rings. The van der Waals surface area contributed by atoms with Crippen LogP contribution in [0.2, 0.25) is 0 Å². The van der Waals surface area contributed by atoms with Crippen molar-refractivity contribution in [3.8, 4) is 0 Å². The van der Waals surface area contributed by atoms with Gasteiger partial charge in [-0.2, -0.15) is 0 Å². The standard InChI is InChI=1S/C18H28BNO4/c1-16(2,3)22-15(21)20(13-14-11-9-8-10-12-14)19-23-17(4,5)18(6,7)24-19/h8-12H,13H2,1-7H3. The molecule has 24 heavy (non-hydrogen) atoms. The first-order chi connectivity index (χ1) is 10.9. The van der Waals surface area contributed by atoms with E-state index in [0.29, 0.717) is 6.54 Å². The number of hydrogen-bond acceptors (Lipinski definition) is 4. The Bertz CT molecular complexity index is 564. The van der Waals surface area contributed by atoms with E-state index in [1.54, 1.807) is 0 Å². The maximum absolute atomic E-state index is 12.7. The highest BCUT2D eigenvalue weighted by Crippen LogP contribution is 2.38. The molecule has 2 rings (SSSR count). The Kier molecular flexibility index (Phi) is 5.02. The van der Waals surface area contributed by atoms with Crippen LogP contribution in [0.5, 0.6) is 0 Å². The van der Waals surface area contributed by atoms with Gasteiger partial charge in [0.25, 0.3) is 0 Å². The summed E-state index contributed by atoms with van der Waals surface area (Å²) in [6.07, 6.45) is -0.454. The van der Waals surface area contributed by atoms with Gasteiger partial charge in [-0.15, -0.1) is 0 Å². The second-order valence-corrected chi connectivity index (χ2v) is 8.16. The molecule has 1 saturated heterocycles. The molecule has 0 spiro atoms. The van der Waals surface area contributed by atoms with Gasteiger partial charge in [-0.1, -0.05) is 30.3 Å². The zero-order chi connectivity index (χ0) is 18.2. The van der Waals surface area contributed by atoms with E-state index in [-0.39, 0.29) is 0 Å². The van der Waals surface area contributed by atoms with Crippen LogP contribution in [0.1, 0.15) is 54.0 Å². The Hall–Kier alpha value is -1.53. The lowest BCUT2D eigenvalue weighted by Gasteiger charge is -2.32. The maximum Gasteiger partial charge on any atom is 0.599 e. The van der Waals surface area contributed by atoms with Crippen molar-refractivity contribution in [2.45, 2.75) is 71.8 Å². The smallest absolute Gasteiger partial charge is 0.444 e. The van der Waals surface area contributed by atoms with Gasteiger partial charge in [0.2, 0.25) is 0 Å². The summed E-state index contributed by atoms with van der Waals surface area (Å²) < 4.78 is 17.6. The summed E-state index contributed by atoms with van der Waals surface area (Å²) in [5.74, 6) is 0. The number of carbonyl (C=O) groups excluding carboxylic acids is 1. The molecule has 1 aliphatic heterocycles. The molecule has 1 heterocycles. The Morgan fingerprint density at radius 1 is 1.08 bits per heavy atom. The SMILES string of the molecule is CC(C)(C)OC(=O)N(Cc1ccccc1)B1OC(C)(C)C(C)(C)O1. The molecule has 1 amide bonds. The van der Waals surface area contributed by atoms with Gasteiger partial charge in [0.1, 0.15) is 5.60 Å². The van der Waals surface area contributed by atoms with Crippen LogP contribution >= 0.6 is 0 Å². The number of ether oxygens (including phenoxy) is 1. The average Bonchev–Trinajstić information content (AvgIpc) is 2.63. The predicted molar refractivity (Wildman–Crippen MR) is 94.3 cm³/mol. The minimum absolute atomic E-state index is 0.354. The lowest BCUT2D eigenvalue weighted by molar-refractivity contribution is 0.00578. The van der Waals surface area contributed by atoms with Crippen molar-refractivity contribution in [1.82, 2.24) is 4.81 Å². The molecule has 6 heteroatoms. The predicted octanol–water partition coefficient (Wildman–Crippen LogP) is 4.01. The van der Waals surface area contributed by atoms with Crippen LogP contribution in [0, 0.1) is 0 Å². The van der Waals surface area contributed by atoms with Crippen LogP contribution < -0.4 is 0 Å². The van der Waals surface area contributed by atoms with Gasteiger partial charge in [-0.25, -0.2) is 4.79 Å². The summed E-state index contributed by atoms with van der Waals surface area (Å²) in [5, 5.41) is 0. The number of nitrogens with zero attached hydrogens (tertiary/aromatic N) is 1. The number of rotatable bonds is 3. The van der Waals surface area contributed by atoms with E-state index < -0.39 is 30.1 Å². The van der Waals surface area contributed by atoms with Crippen molar-refractivity contribution in [3.63, 3.8) is 0 Å². The number of benzene rings is 1. The molecule has 1 fully saturated rings. The van der Waals surface area contributed by atoms with E-state index in [1.807, 2.05) is 78.8 Å². The Balaban J connectivity index is 2.25. The monoisotopic (exact) mass is 333 g/mol. The minimum atomic E-state index is -0.787. The van der Waals surface area contributed by atoms with Crippen molar-refractivity contribution in [2.75, 3.05) is 0 Å². The van der Waals surface area contributed by atoms with Crippen molar-refractivity contribution in [1.29, 1.82) is 0 Å². The lowest BCUT2D eigenvalue weighted by Crippen LogP contribution is -2.47. The molecule has 0 aliphatic carbocycles. The van der Waals surface area contributed by atoms with Crippen molar-refractivity contribution >= 4 is 13.3 Å². The first kappa shape index (κ1) is 18.8. The molecular formula is C18H28BNO4. The third kappa shape index (κ3) is 4.30. The number of carbonyl (C=O) groups is 1. The summed E-state index contributed by atoms with van der Waals surface area (Å²) in [6, 6.07) is 9.74. The fourth-order valence-corrected chi connectivity index (χ4v) is 2.27. The number of hydrogen-bond donors (Lipinski definition) is 0. The van der Waals surface area contributed by atoms with Gasteiger partial charge in [0.15, 0.2) is 0 Å². The molecule has 1 aliphatic rings. The minimum Gasteiger partial charge on any atom is -0.444 e. The fourth-order valence-electron chi connectivity index (χ4n) is 2.27. The largest absolute Gasteiger partial charge is 0.599 e. The van der Waals surface area contributed by atoms with E-state index in [2.05, 4.69) is 0 Å². The van der Waals surface area contributed by atoms with E-state index in [0.717, 1.165) is 5.56 Å². The van der Waals surface area contributed by atoms with E-state index in [1.165, 1.54) is 4.81 Å². The van der Waals surface area contributed by atoms with E-state index in [9.17, 15) is 4.79 Å². The van der Waals surface area contributed by atoms with Gasteiger partial charge in [0, 0.05) is 6.54 Å². The van der Waals surface area contributed by atoms with Gasteiger partial charge >= 0.3 is 13.3 Å². The molecule has 0 aromatic heterocycles. The van der Waals surface area contributed by atoms with Crippen LogP contribution in [0.25, 0.3) is 0 Å². The van der Waals surface area contributed by atoms with Gasteiger partial charge < -0.3 is 14.0 Å². The molecule has 132 valence electrons. The van der Waals surface area contributed by atoms with Crippen molar-refractivity contribution < 1.29 is 18.8 Å². The highest BCUT2D eigenvalue weighted by molar-refractivity contribution is 6.45. The van der Waals surface area contributed by atoms with Crippen LogP contribution in [0.4, 0.5) is 4.79 Å². The first-order valence-corrected chi connectivity index (χ1v) is 8.30. The summed E-state index contributed by atoms with van der Waals surface area (Å²) in [7, 11) is -0.787. The van der Waals surface area contributed by atoms with E-state index in [4.69, 9.17) is 14.0 Å². The Labute approximate surface area is 145 Å². The lowest BCUT2D eigenvalue weighted by atomic mass is 9.90. The van der Waals surface area contributed by atoms with Crippen LogP contribution in [-0.2, 0) is 20.6 Å². The van der Waals surface area contributed by atoms with Gasteiger partial charge in [-0.3, -0.25) is 4.81 Å². The summed E-state index contributed by atoms with van der Waals surface area (Å²) in [5.41, 5.74) is -0.642. The van der Waals surface area contributed by atoms with E-state index >= 15 is 0 Å². The molecule has 0 bridgehead atoms. The molecular weight excluding hydrogens is 305 g/mol. The van der Waals surface area contributed by atoms with Crippen LogP contribution in [-0.4, -0.2) is 35.0 Å². The van der Waals surface area contributed by atoms with Gasteiger partial charge in [-0.05, 0) is 54.0 Å². The zero-order valence-electron chi connectivity index (χ0n) is 15.8. The summed E-state index contributed by atoms with van der Waals surface area (Å²) in [4.78, 5) is 14.2.